The van der Waals surface area contributed by atoms with E-state index in [4.69, 9.17) is 9.05 Å². The van der Waals surface area contributed by atoms with Crippen LogP contribution in [0.4, 0.5) is 0 Å². The number of allylic oxidation sites excluding steroid dienone is 7. The van der Waals surface area contributed by atoms with Gasteiger partial charge in [0.2, 0.25) is 5.91 Å². The monoisotopic (exact) mass is 1030 g/mol. The first-order chi connectivity index (χ1) is 35.0. The van der Waals surface area contributed by atoms with Gasteiger partial charge in [0, 0.05) is 6.42 Å². The van der Waals surface area contributed by atoms with Crippen molar-refractivity contribution in [2.24, 2.45) is 0 Å². The number of nitrogens with zero attached hydrogens (tertiary/aromatic N) is 1. The van der Waals surface area contributed by atoms with Crippen LogP contribution in [0.5, 0.6) is 0 Å². The number of quaternary nitrogens is 1. The Kier molecular flexibility index (Phi) is 53.1. The molecule has 0 saturated carbocycles. The summed E-state index contributed by atoms with van der Waals surface area (Å²) in [7, 11) is 1.56. The summed E-state index contributed by atoms with van der Waals surface area (Å²) in [4.78, 5) is 23.3. The first-order valence-electron chi connectivity index (χ1n) is 31.0. The van der Waals surface area contributed by atoms with Crippen LogP contribution >= 0.6 is 7.82 Å². The van der Waals surface area contributed by atoms with Gasteiger partial charge in [-0.2, -0.15) is 0 Å². The predicted molar refractivity (Wildman–Crippen MR) is 314 cm³/mol. The van der Waals surface area contributed by atoms with E-state index in [9.17, 15) is 19.4 Å². The third-order valence-electron chi connectivity index (χ3n) is 14.0. The standard InChI is InChI=1S/C63H121N2O6P/c1-6-8-10-12-14-16-18-20-22-24-26-28-30-32-34-36-38-40-42-44-46-48-50-52-54-56-62(66)61(60-71-72(68,69)70-59-58-65(3,4)5)64-63(67)57-55-53-51-49-47-45-43-41-39-37-35-33-31-29-27-25-23-21-19-17-15-13-11-9-7-2/h19,21,25,27,46,48,54,56,61-62,66H,6-18,20,22-24,26,28-45,47,49-53,55,57-60H2,1-5H3,(H-,64,67,68,69)/p+1/b21-19-,27-25-,48-46+,56-54+. The Labute approximate surface area is 448 Å². The first kappa shape index (κ1) is 70.5. The summed E-state index contributed by atoms with van der Waals surface area (Å²) in [5.41, 5.74) is 0. The molecule has 0 bridgehead atoms. The molecule has 0 aliphatic carbocycles. The Morgan fingerprint density at radius 2 is 0.806 bits per heavy atom. The Morgan fingerprint density at radius 3 is 1.19 bits per heavy atom. The molecular formula is C63H122N2O6P+. The maximum absolute atomic E-state index is 13.0. The molecule has 0 aliphatic rings. The van der Waals surface area contributed by atoms with Gasteiger partial charge in [-0.3, -0.25) is 13.8 Å². The van der Waals surface area contributed by atoms with E-state index in [2.05, 4.69) is 55.6 Å². The van der Waals surface area contributed by atoms with E-state index in [1.807, 2.05) is 27.2 Å². The van der Waals surface area contributed by atoms with Crippen molar-refractivity contribution in [1.29, 1.82) is 0 Å². The van der Waals surface area contributed by atoms with Crippen LogP contribution in [0.25, 0.3) is 0 Å². The number of aliphatic hydroxyl groups excluding tert-OH is 1. The van der Waals surface area contributed by atoms with E-state index in [0.29, 0.717) is 17.4 Å². The molecule has 0 rings (SSSR count). The topological polar surface area (TPSA) is 105 Å². The molecule has 0 spiro atoms. The predicted octanol–water partition coefficient (Wildman–Crippen LogP) is 19.1. The van der Waals surface area contributed by atoms with Gasteiger partial charge in [-0.25, -0.2) is 4.57 Å². The number of hydrogen-bond donors (Lipinski definition) is 3. The summed E-state index contributed by atoms with van der Waals surface area (Å²) in [6.07, 6.45) is 72.3. The summed E-state index contributed by atoms with van der Waals surface area (Å²) in [6, 6.07) is -0.865. The smallest absolute Gasteiger partial charge is 0.387 e. The van der Waals surface area contributed by atoms with Crippen LogP contribution in [0.3, 0.4) is 0 Å². The van der Waals surface area contributed by atoms with Crippen molar-refractivity contribution < 1.29 is 32.9 Å². The molecular weight excluding hydrogens is 912 g/mol. The highest BCUT2D eigenvalue weighted by Gasteiger charge is 2.27. The van der Waals surface area contributed by atoms with Gasteiger partial charge in [-0.1, -0.05) is 274 Å². The summed E-state index contributed by atoms with van der Waals surface area (Å²) in [5, 5.41) is 13.9. The van der Waals surface area contributed by atoms with E-state index in [1.165, 1.54) is 231 Å². The van der Waals surface area contributed by atoms with Crippen molar-refractivity contribution >= 4 is 13.7 Å². The number of carbonyl (C=O) groups excluding carboxylic acids is 1. The Morgan fingerprint density at radius 1 is 0.472 bits per heavy atom. The molecule has 3 N–H and O–H groups in total. The number of aliphatic hydroxyl groups is 1. The second kappa shape index (κ2) is 54.3. The van der Waals surface area contributed by atoms with Crippen molar-refractivity contribution in [3.8, 4) is 0 Å². The highest BCUT2D eigenvalue weighted by Crippen LogP contribution is 2.43. The number of unbranched alkanes of at least 4 members (excludes halogenated alkanes) is 38. The third kappa shape index (κ3) is 56.2. The van der Waals surface area contributed by atoms with Crippen LogP contribution in [0.15, 0.2) is 48.6 Å². The lowest BCUT2D eigenvalue weighted by atomic mass is 10.0. The van der Waals surface area contributed by atoms with Crippen molar-refractivity contribution in [1.82, 2.24) is 5.32 Å². The summed E-state index contributed by atoms with van der Waals surface area (Å²) < 4.78 is 23.7. The average Bonchev–Trinajstić information content (AvgIpc) is 3.34. The molecule has 0 aromatic heterocycles. The number of amides is 1. The minimum atomic E-state index is -4.36. The average molecular weight is 1030 g/mol. The number of rotatable bonds is 57. The number of nitrogens with one attached hydrogen (secondary N) is 1. The number of likely N-dealkylation sites (N-methyl/N-ethyl adjacent to an activating group) is 1. The summed E-state index contributed by atoms with van der Waals surface area (Å²) >= 11 is 0. The Bertz CT molecular complexity index is 1310. The molecule has 1 amide bonds. The van der Waals surface area contributed by atoms with Gasteiger partial charge in [0.25, 0.3) is 0 Å². The van der Waals surface area contributed by atoms with Crippen molar-refractivity contribution in [2.45, 2.75) is 309 Å². The number of carbonyl (C=O) groups is 1. The van der Waals surface area contributed by atoms with Gasteiger partial charge in [0.05, 0.1) is 39.9 Å². The molecule has 3 atom stereocenters. The van der Waals surface area contributed by atoms with Crippen LogP contribution in [0.2, 0.25) is 0 Å². The van der Waals surface area contributed by atoms with Gasteiger partial charge < -0.3 is 19.8 Å². The molecule has 9 heteroatoms. The molecule has 0 aromatic rings. The fourth-order valence-electron chi connectivity index (χ4n) is 9.15. The van der Waals surface area contributed by atoms with Gasteiger partial charge in [0.1, 0.15) is 13.2 Å². The fraction of sp³-hybridized carbons (Fsp3) is 0.857. The molecule has 8 nitrogen and oxygen atoms in total. The lowest BCUT2D eigenvalue weighted by molar-refractivity contribution is -0.870. The zero-order valence-electron chi connectivity index (χ0n) is 48.4. The molecule has 0 fully saturated rings. The highest BCUT2D eigenvalue weighted by molar-refractivity contribution is 7.47. The quantitative estimate of drug-likeness (QED) is 0.0243. The largest absolute Gasteiger partial charge is 0.472 e. The highest BCUT2D eigenvalue weighted by atomic mass is 31.2. The lowest BCUT2D eigenvalue weighted by Gasteiger charge is -2.25. The summed E-state index contributed by atoms with van der Waals surface area (Å²) in [5.74, 6) is -0.185. The Hall–Kier alpha value is -1.54. The van der Waals surface area contributed by atoms with Crippen LogP contribution in [-0.4, -0.2) is 73.4 Å². The lowest BCUT2D eigenvalue weighted by Crippen LogP contribution is -2.45. The van der Waals surface area contributed by atoms with E-state index in [-0.39, 0.29) is 19.1 Å². The number of phosphoric ester groups is 1. The van der Waals surface area contributed by atoms with Crippen LogP contribution in [0, 0.1) is 0 Å². The SMILES string of the molecule is CCCCCCC/C=C\C/C=C\CCCCCCCCCCCCCCCC(=O)NC(COP(=O)(O)OCC[N+](C)(C)C)C(O)/C=C/CC/C=C/CCCCCCCCCCCCCCCCCCCCC. The van der Waals surface area contributed by atoms with Crippen LogP contribution in [-0.2, 0) is 18.4 Å². The summed E-state index contributed by atoms with van der Waals surface area (Å²) in [6.45, 7) is 4.82. The van der Waals surface area contributed by atoms with Crippen LogP contribution < -0.4 is 5.32 Å². The molecule has 0 aliphatic heterocycles. The van der Waals surface area contributed by atoms with Gasteiger partial charge in [-0.15, -0.1) is 0 Å². The fourth-order valence-corrected chi connectivity index (χ4v) is 9.89. The second-order valence-electron chi connectivity index (χ2n) is 22.4. The second-order valence-corrected chi connectivity index (χ2v) is 23.9. The van der Waals surface area contributed by atoms with Crippen molar-refractivity contribution in [2.75, 3.05) is 40.9 Å². The molecule has 0 radical (unpaired) electrons. The van der Waals surface area contributed by atoms with Gasteiger partial charge in [-0.05, 0) is 64.2 Å². The zero-order valence-corrected chi connectivity index (χ0v) is 49.3. The van der Waals surface area contributed by atoms with E-state index < -0.39 is 20.0 Å². The van der Waals surface area contributed by atoms with Gasteiger partial charge in [0.15, 0.2) is 0 Å². The minimum Gasteiger partial charge on any atom is -0.387 e. The molecule has 0 saturated heterocycles. The molecule has 0 aromatic carbocycles. The molecule has 72 heavy (non-hydrogen) atoms. The first-order valence-corrected chi connectivity index (χ1v) is 32.5. The Balaban J connectivity index is 4.20. The zero-order chi connectivity index (χ0) is 52.7. The van der Waals surface area contributed by atoms with E-state index in [0.717, 1.165) is 44.9 Å². The number of phosphoric acid groups is 1. The maximum atomic E-state index is 13.0. The number of hydrogen-bond acceptors (Lipinski definition) is 5. The normalized spacial score (nSPS) is 14.2. The van der Waals surface area contributed by atoms with Gasteiger partial charge >= 0.3 is 7.82 Å². The maximum Gasteiger partial charge on any atom is 0.472 e. The van der Waals surface area contributed by atoms with Crippen molar-refractivity contribution in [3.05, 3.63) is 48.6 Å². The molecule has 3 unspecified atom stereocenters. The third-order valence-corrected chi connectivity index (χ3v) is 15.0. The van der Waals surface area contributed by atoms with Crippen LogP contribution in [0.1, 0.15) is 296 Å². The minimum absolute atomic E-state index is 0.0560. The van der Waals surface area contributed by atoms with E-state index in [1.54, 1.807) is 6.08 Å². The molecule has 0 heterocycles. The van der Waals surface area contributed by atoms with E-state index >= 15 is 0 Å². The van der Waals surface area contributed by atoms with Crippen molar-refractivity contribution in [3.63, 3.8) is 0 Å². The molecule has 424 valence electrons.